The van der Waals surface area contributed by atoms with Gasteiger partial charge in [-0.25, -0.2) is 4.79 Å². The van der Waals surface area contributed by atoms with E-state index >= 15 is 0 Å². The fourth-order valence-electron chi connectivity index (χ4n) is 10.4. The second-order valence-corrected chi connectivity index (χ2v) is 17.4. The number of hydrogen-bond donors (Lipinski definition) is 2. The molecular weight excluding hydrogens is 777 g/mol. The number of nitriles is 1. The maximum atomic E-state index is 13.7. The van der Waals surface area contributed by atoms with Crippen molar-refractivity contribution in [2.24, 2.45) is 18.4 Å². The second kappa shape index (κ2) is 16.3. The lowest BCUT2D eigenvalue weighted by Gasteiger charge is -2.48. The third-order valence-electron chi connectivity index (χ3n) is 13.9. The fraction of sp³-hybridized carbons (Fsp3) is 0.489. The van der Waals surface area contributed by atoms with Crippen molar-refractivity contribution >= 4 is 51.0 Å². The van der Waals surface area contributed by atoms with Gasteiger partial charge < -0.3 is 24.6 Å². The van der Waals surface area contributed by atoms with Crippen LogP contribution in [0.3, 0.4) is 0 Å². The number of hydrogen-bond acceptors (Lipinski definition) is 11. The zero-order valence-electron chi connectivity index (χ0n) is 35.0. The summed E-state index contributed by atoms with van der Waals surface area (Å²) in [6.45, 7) is 5.05. The number of ether oxygens (including phenoxy) is 2. The van der Waals surface area contributed by atoms with Crippen LogP contribution in [0.5, 0.6) is 11.5 Å². The Bertz CT molecular complexity index is 2610. The van der Waals surface area contributed by atoms with E-state index in [1.54, 1.807) is 30.4 Å². The minimum atomic E-state index is -0.735. The number of imide groups is 1. The van der Waals surface area contributed by atoms with Crippen LogP contribution in [0.1, 0.15) is 92.2 Å². The summed E-state index contributed by atoms with van der Waals surface area (Å²) in [5.41, 5.74) is 4.29. The number of fused-ring (bicyclic) bond motifs is 2. The smallest absolute Gasteiger partial charge is 0.329 e. The summed E-state index contributed by atoms with van der Waals surface area (Å²) in [4.78, 5) is 60.4. The first-order valence-electron chi connectivity index (χ1n) is 21.4. The Balaban J connectivity index is 0.793. The number of benzene rings is 2. The minimum absolute atomic E-state index is 0.199. The standard InChI is InChI=1S/C45H52N10O6/c1-51-40-35(55(44(51)59)36-9-11-39(56)49-43(36)58)8-10-37(60-2)41(40)53-18-14-45(15-19-53)12-16-52(17-13-45)26-28-4-6-32(7-5-28)54-27-31-21-34(38(61-3)22-33(31)50-54)48-42(57)30-20-29(23-46)24-47-25-30/h8,10,20-22,24-25,27-28,32,36H,4-7,9,11-19,26H2,1-3H3,(H,48,57)(H,49,56,58)/t28-,32-,36?. The molecule has 5 aromatic rings. The molecule has 3 aliphatic heterocycles. The maximum Gasteiger partial charge on any atom is 0.329 e. The van der Waals surface area contributed by atoms with Crippen LogP contribution < -0.4 is 30.7 Å². The van der Waals surface area contributed by atoms with Crippen molar-refractivity contribution in [2.75, 3.05) is 57.2 Å². The predicted octanol–water partition coefficient (Wildman–Crippen LogP) is 5.32. The number of nitrogens with one attached hydrogen (secondary N) is 2. The Morgan fingerprint density at radius 2 is 1.69 bits per heavy atom. The number of amides is 3. The molecule has 16 nitrogen and oxygen atoms in total. The van der Waals surface area contributed by atoms with Crippen LogP contribution in [0.15, 0.2) is 53.7 Å². The molecule has 318 valence electrons. The predicted molar refractivity (Wildman–Crippen MR) is 229 cm³/mol. The van der Waals surface area contributed by atoms with E-state index in [0.717, 1.165) is 93.4 Å². The molecule has 4 fully saturated rings. The molecule has 3 saturated heterocycles. The van der Waals surface area contributed by atoms with Gasteiger partial charge in [0, 0.05) is 63.1 Å². The molecule has 16 heteroatoms. The van der Waals surface area contributed by atoms with Crippen molar-refractivity contribution in [1.82, 2.24) is 34.1 Å². The highest BCUT2D eigenvalue weighted by atomic mass is 16.5. The van der Waals surface area contributed by atoms with Gasteiger partial charge >= 0.3 is 5.69 Å². The Labute approximate surface area is 353 Å². The number of pyridine rings is 1. The first-order chi connectivity index (χ1) is 29.6. The van der Waals surface area contributed by atoms with E-state index in [0.29, 0.717) is 57.6 Å². The number of carbonyl (C=O) groups is 3. The van der Waals surface area contributed by atoms with Gasteiger partial charge in [-0.15, -0.1) is 0 Å². The van der Waals surface area contributed by atoms with E-state index < -0.39 is 11.9 Å². The van der Waals surface area contributed by atoms with Crippen molar-refractivity contribution in [3.05, 3.63) is 70.5 Å². The average molecular weight is 829 g/mol. The van der Waals surface area contributed by atoms with E-state index in [9.17, 15) is 24.4 Å². The first-order valence-corrected chi connectivity index (χ1v) is 21.4. The summed E-state index contributed by atoms with van der Waals surface area (Å²) in [6, 6.07) is 10.6. The number of piperidine rings is 3. The molecule has 3 aromatic heterocycles. The highest BCUT2D eigenvalue weighted by Gasteiger charge is 2.40. The number of aromatic nitrogens is 5. The van der Waals surface area contributed by atoms with E-state index in [1.165, 1.54) is 31.3 Å². The molecule has 1 aliphatic carbocycles. The lowest BCUT2D eigenvalue weighted by Crippen LogP contribution is -2.48. The normalized spacial score (nSPS) is 22.0. The average Bonchev–Trinajstić information content (AvgIpc) is 3.81. The monoisotopic (exact) mass is 828 g/mol. The van der Waals surface area contributed by atoms with Crippen LogP contribution in [0.4, 0.5) is 11.4 Å². The molecule has 1 unspecified atom stereocenters. The van der Waals surface area contributed by atoms with Crippen molar-refractivity contribution < 1.29 is 23.9 Å². The highest BCUT2D eigenvalue weighted by molar-refractivity contribution is 6.06. The molecule has 9 rings (SSSR count). The van der Waals surface area contributed by atoms with Crippen molar-refractivity contribution in [3.63, 3.8) is 0 Å². The maximum absolute atomic E-state index is 13.7. The molecule has 2 N–H and O–H groups in total. The fourth-order valence-corrected chi connectivity index (χ4v) is 10.4. The summed E-state index contributed by atoms with van der Waals surface area (Å²) in [7, 11) is 4.97. The second-order valence-electron chi connectivity index (χ2n) is 17.4. The van der Waals surface area contributed by atoms with Gasteiger partial charge in [0.1, 0.15) is 29.3 Å². The van der Waals surface area contributed by atoms with Gasteiger partial charge in [0.15, 0.2) is 0 Å². The molecule has 0 radical (unpaired) electrons. The molecular formula is C45H52N10O6. The summed E-state index contributed by atoms with van der Waals surface area (Å²) in [5.74, 6) is 0.758. The molecule has 1 saturated carbocycles. The Morgan fingerprint density at radius 3 is 2.39 bits per heavy atom. The van der Waals surface area contributed by atoms with Gasteiger partial charge in [0.2, 0.25) is 11.8 Å². The molecule has 61 heavy (non-hydrogen) atoms. The van der Waals surface area contributed by atoms with E-state index in [-0.39, 0.29) is 23.9 Å². The van der Waals surface area contributed by atoms with E-state index in [4.69, 9.17) is 14.6 Å². The zero-order chi connectivity index (χ0) is 42.4. The number of imidazole rings is 1. The summed E-state index contributed by atoms with van der Waals surface area (Å²) in [5, 5.41) is 20.4. The number of likely N-dealkylation sites (tertiary alicyclic amines) is 1. The minimum Gasteiger partial charge on any atom is -0.494 e. The lowest BCUT2D eigenvalue weighted by atomic mass is 9.71. The van der Waals surface area contributed by atoms with Crippen molar-refractivity contribution in [3.8, 4) is 17.6 Å². The molecule has 4 aliphatic rings. The van der Waals surface area contributed by atoms with Gasteiger partial charge in [-0.05, 0) is 106 Å². The summed E-state index contributed by atoms with van der Waals surface area (Å²) >= 11 is 0. The number of rotatable bonds is 9. The van der Waals surface area contributed by atoms with Gasteiger partial charge in [-0.1, -0.05) is 0 Å². The summed E-state index contributed by atoms with van der Waals surface area (Å²) < 4.78 is 16.8. The van der Waals surface area contributed by atoms with Crippen LogP contribution in [-0.2, 0) is 16.6 Å². The Morgan fingerprint density at radius 1 is 0.951 bits per heavy atom. The quantitative estimate of drug-likeness (QED) is 0.184. The van der Waals surface area contributed by atoms with Gasteiger partial charge in [0.25, 0.3) is 5.91 Å². The Hall–Kier alpha value is -6.21. The molecule has 0 bridgehead atoms. The van der Waals surface area contributed by atoms with Crippen LogP contribution in [0, 0.1) is 22.7 Å². The van der Waals surface area contributed by atoms with Crippen LogP contribution in [-0.4, -0.2) is 93.5 Å². The van der Waals surface area contributed by atoms with Gasteiger partial charge in [-0.2, -0.15) is 10.4 Å². The SMILES string of the molecule is COc1cc2nn([C@H]3CC[C@H](CN4CCC5(CC4)CCN(c4c(OC)ccc6c4n(C)c(=O)n6C4CCC(=O)NC4=O)CC5)CC3)cc2cc1NC(=O)c1cncc(C#N)c1. The number of anilines is 2. The third kappa shape index (κ3) is 7.60. The molecule has 6 heterocycles. The summed E-state index contributed by atoms with van der Waals surface area (Å²) in [6.07, 6.45) is 14.3. The molecule has 1 atom stereocenters. The Kier molecular flexibility index (Phi) is 10.8. The number of aryl methyl sites for hydroxylation is 1. The van der Waals surface area contributed by atoms with Crippen molar-refractivity contribution in [2.45, 2.75) is 76.3 Å². The van der Waals surface area contributed by atoms with Crippen molar-refractivity contribution in [1.29, 1.82) is 5.26 Å². The van der Waals surface area contributed by atoms with Crippen LogP contribution in [0.25, 0.3) is 21.9 Å². The van der Waals surface area contributed by atoms with Crippen LogP contribution >= 0.6 is 0 Å². The van der Waals surface area contributed by atoms with E-state index in [1.807, 2.05) is 30.3 Å². The largest absolute Gasteiger partial charge is 0.494 e. The van der Waals surface area contributed by atoms with E-state index in [2.05, 4.69) is 36.3 Å². The lowest BCUT2D eigenvalue weighted by molar-refractivity contribution is -0.135. The molecule has 2 aromatic carbocycles. The number of carbonyl (C=O) groups excluding carboxylic acids is 3. The molecule has 3 amide bonds. The highest BCUT2D eigenvalue weighted by Crippen LogP contribution is 2.46. The van der Waals surface area contributed by atoms with Gasteiger partial charge in [0.05, 0.1) is 53.6 Å². The topological polar surface area (TPSA) is 182 Å². The van der Waals surface area contributed by atoms with Gasteiger partial charge in [-0.3, -0.25) is 38.5 Å². The third-order valence-corrected chi connectivity index (χ3v) is 13.9. The molecule has 1 spiro atoms. The zero-order valence-corrected chi connectivity index (χ0v) is 35.0. The first kappa shape index (κ1) is 40.2. The van der Waals surface area contributed by atoms with Crippen LogP contribution in [0.2, 0.25) is 0 Å². The number of nitrogens with zero attached hydrogens (tertiary/aromatic N) is 8. The number of methoxy groups -OCH3 is 2.